The first-order valence-corrected chi connectivity index (χ1v) is 42.3. The van der Waals surface area contributed by atoms with E-state index in [-0.39, 0.29) is 59.7 Å². The molecule has 0 saturated carbocycles. The minimum absolute atomic E-state index is 0. The quantitative estimate of drug-likeness (QED) is 0.0263. The molecular weight excluding hydrogens is 1600 g/mol. The van der Waals surface area contributed by atoms with Crippen molar-refractivity contribution < 1.29 is 86.7 Å². The number of nitrogens with one attached hydrogen (secondary N) is 2. The highest BCUT2D eigenvalue weighted by molar-refractivity contribution is 6.10. The summed E-state index contributed by atoms with van der Waals surface area (Å²) in [4.78, 5) is 135. The van der Waals surface area contributed by atoms with Crippen molar-refractivity contribution in [2.24, 2.45) is 0 Å². The summed E-state index contributed by atoms with van der Waals surface area (Å²) in [5.41, 5.74) is 16.8. The number of aromatic carboxylic acids is 1. The van der Waals surface area contributed by atoms with E-state index in [1.807, 2.05) is 91.0 Å². The number of hydrogen-bond donors (Lipinski definition) is 4. The van der Waals surface area contributed by atoms with Gasteiger partial charge in [-0.05, 0) is 146 Å². The first-order valence-electron chi connectivity index (χ1n) is 42.3. The molecule has 32 nitrogen and oxygen atoms in total. The summed E-state index contributed by atoms with van der Waals surface area (Å²) in [7, 11) is 4.63. The first-order chi connectivity index (χ1) is 59.3. The largest absolute Gasteiger partial charge is 0.492 e. The second-order valence-corrected chi connectivity index (χ2v) is 32.5. The molecule has 0 aliphatic carbocycles. The third-order valence-corrected chi connectivity index (χ3v) is 25.2. The molecule has 19 rings (SSSR count). The number of benzene rings is 6. The highest BCUT2D eigenvalue weighted by Crippen LogP contribution is 2.47. The molecule has 3 aromatic heterocycles. The van der Waals surface area contributed by atoms with E-state index in [0.29, 0.717) is 96.1 Å². The molecule has 4 unspecified atom stereocenters. The van der Waals surface area contributed by atoms with Gasteiger partial charge in [0, 0.05) is 216 Å². The number of hydrogen-bond acceptors (Lipinski definition) is 20. The summed E-state index contributed by atoms with van der Waals surface area (Å²) in [5.74, 6) is -0.296. The Kier molecular flexibility index (Phi) is 25.8. The van der Waals surface area contributed by atoms with Crippen molar-refractivity contribution in [2.45, 2.75) is 102 Å². The van der Waals surface area contributed by atoms with Gasteiger partial charge in [-0.15, -0.1) is 12.4 Å². The third kappa shape index (κ3) is 17.4. The average molecular weight is 1700 g/mol. The van der Waals surface area contributed by atoms with Crippen LogP contribution in [0.5, 0.6) is 17.2 Å². The Labute approximate surface area is 716 Å². The molecule has 33 heteroatoms. The Hall–Kier alpha value is -11.5. The highest BCUT2D eigenvalue weighted by atomic mass is 35.5. The maximum Gasteiger partial charge on any atom is 0.335 e. The van der Waals surface area contributed by atoms with Gasteiger partial charge < -0.3 is 61.9 Å². The molecule has 6 aromatic carbocycles. The van der Waals surface area contributed by atoms with E-state index in [0.717, 1.165) is 205 Å². The summed E-state index contributed by atoms with van der Waals surface area (Å²) in [6.07, 6.45) is 8.00. The normalized spacial score (nSPS) is 20.3. The Morgan fingerprint density at radius 2 is 0.780 bits per heavy atom. The Morgan fingerprint density at radius 1 is 0.423 bits per heavy atom. The summed E-state index contributed by atoms with van der Waals surface area (Å²) in [5, 5.41) is 20.9. The van der Waals surface area contributed by atoms with Crippen LogP contribution in [0.1, 0.15) is 138 Å². The number of carboxylic acid groups (broad SMARTS) is 1. The SMILES string of the molecule is CN1C(=O)C2c3c(n(Cc4ccc(C(=O)NO)cc4)c4ccc(OCCN5CCCCC5)cc34)CCN2C1=O.CN1C(=O)C2c3c(n(Cc4ccc(C(=O)NOC5CCCCO5)cc4)c4ccc(OCCN5CCOCC5)cc34)CCN2C1=O.CN1C(=O)C2c3c(n(Cc4ccc(C(=O)O)cc4)c4ccc(OCCN5CCOCC5)cc34)CCN2C1=O.Cl. The van der Waals surface area contributed by atoms with E-state index in [4.69, 9.17) is 38.5 Å². The number of carbonyl (C=O) groups is 9. The number of urea groups is 3. The number of likely N-dealkylation sites (N-methyl/N-ethyl adjacent to an activating group) is 3. The van der Waals surface area contributed by atoms with Crippen molar-refractivity contribution in [1.82, 2.24) is 68.8 Å². The number of amides is 11. The number of piperidine rings is 1. The van der Waals surface area contributed by atoms with Crippen LogP contribution in [0.25, 0.3) is 32.7 Å². The zero-order valence-corrected chi connectivity index (χ0v) is 70.1. The van der Waals surface area contributed by atoms with Gasteiger partial charge in [-0.2, -0.15) is 0 Å². The topological polar surface area (TPSA) is 327 Å². The number of halogens is 1. The third-order valence-electron chi connectivity index (χ3n) is 25.2. The second-order valence-electron chi connectivity index (χ2n) is 32.5. The van der Waals surface area contributed by atoms with Gasteiger partial charge >= 0.3 is 24.1 Å². The molecule has 9 aromatic rings. The lowest BCUT2D eigenvalue weighted by Gasteiger charge is -2.28. The van der Waals surface area contributed by atoms with Gasteiger partial charge in [0.2, 0.25) is 0 Å². The van der Waals surface area contributed by atoms with Crippen molar-refractivity contribution in [2.75, 3.05) is 153 Å². The number of morpholine rings is 2. The maximum absolute atomic E-state index is 13.4. The second kappa shape index (κ2) is 37.3. The lowest BCUT2D eigenvalue weighted by Crippen LogP contribution is -2.38. The van der Waals surface area contributed by atoms with Crippen LogP contribution in [0.4, 0.5) is 14.4 Å². The molecule has 11 amide bonds. The molecule has 4 atom stereocenters. The van der Waals surface area contributed by atoms with E-state index >= 15 is 0 Å². The van der Waals surface area contributed by atoms with Crippen molar-refractivity contribution in [3.05, 3.63) is 195 Å². The predicted octanol–water partition coefficient (Wildman–Crippen LogP) is 9.26. The van der Waals surface area contributed by atoms with E-state index in [2.05, 4.69) is 33.9 Å². The van der Waals surface area contributed by atoms with Gasteiger partial charge in [0.25, 0.3) is 29.5 Å². The molecule has 123 heavy (non-hydrogen) atoms. The Bertz CT molecular complexity index is 5480. The molecule has 13 heterocycles. The fourth-order valence-corrected chi connectivity index (χ4v) is 18.7. The number of fused-ring (bicyclic) bond motifs is 15. The van der Waals surface area contributed by atoms with Crippen LogP contribution >= 0.6 is 12.4 Å². The van der Waals surface area contributed by atoms with Crippen molar-refractivity contribution in [3.63, 3.8) is 0 Å². The summed E-state index contributed by atoms with van der Waals surface area (Å²) in [6.45, 7) is 16.6. The van der Waals surface area contributed by atoms with Crippen molar-refractivity contribution >= 4 is 98.7 Å². The molecule has 0 radical (unpaired) electrons. The lowest BCUT2D eigenvalue weighted by atomic mass is 9.96. The van der Waals surface area contributed by atoms with Gasteiger partial charge in [0.05, 0.1) is 32.0 Å². The first kappa shape index (κ1) is 85.1. The van der Waals surface area contributed by atoms with Gasteiger partial charge in [0.15, 0.2) is 6.29 Å². The summed E-state index contributed by atoms with van der Waals surface area (Å²) >= 11 is 0. The van der Waals surface area contributed by atoms with Crippen LogP contribution in [0.2, 0.25) is 0 Å². The number of carboxylic acids is 1. The number of aromatic nitrogens is 3. The fraction of sp³-hybridized carbons (Fsp3) is 0.433. The fourth-order valence-electron chi connectivity index (χ4n) is 18.7. The molecular formula is C90H103ClN14O18. The molecule has 7 fully saturated rings. The number of likely N-dealkylation sites (tertiary alicyclic amines) is 1. The zero-order valence-electron chi connectivity index (χ0n) is 69.3. The van der Waals surface area contributed by atoms with Crippen LogP contribution < -0.4 is 25.2 Å². The summed E-state index contributed by atoms with van der Waals surface area (Å²) < 4.78 is 41.5. The number of nitrogens with zero attached hydrogens (tertiary/aromatic N) is 12. The number of carbonyl (C=O) groups excluding carboxylic acids is 8. The number of rotatable bonds is 23. The van der Waals surface area contributed by atoms with Crippen molar-refractivity contribution in [3.8, 4) is 17.2 Å². The zero-order chi connectivity index (χ0) is 84.4. The molecule has 10 aliphatic heterocycles. The Morgan fingerprint density at radius 3 is 1.13 bits per heavy atom. The predicted molar refractivity (Wildman–Crippen MR) is 453 cm³/mol. The van der Waals surface area contributed by atoms with Crippen LogP contribution in [-0.4, -0.2) is 281 Å². The lowest BCUT2D eigenvalue weighted by molar-refractivity contribution is -0.186. The minimum atomic E-state index is -0.963. The Balaban J connectivity index is 0.000000137. The standard InChI is InChI=1S/C33H39N5O7.C29H33N5O5.C28H30N4O6.ClH/c1-35-32(40)30-29-25-20-24(43-19-15-36-13-17-42-18-14-36)9-10-26(25)38(27(29)11-12-37(30)33(35)41)21-22-5-7-23(8-6-22)31(39)34-45-28-4-2-3-16-44-28;1-31-28(36)26-25-22-17-21(39-16-15-32-12-3-2-4-13-32)9-10-23(22)34(24(25)11-14-33(26)29(31)37)18-19-5-7-20(8-6-19)27(35)30-38;1-29-26(33)25-24-21-16-20(38-15-12-30-10-13-37-14-11-30)6-7-22(21)32(23(24)8-9-31(25)28(29)36)17-18-2-4-19(5-3-18)27(34)35;/h5-10,20,28,30H,2-4,11-19,21H2,1H3,(H,34,39);5-10,17,26,38H,2-4,11-16,18H2,1H3,(H,30,35);2-7,16,25H,8-15,17H2,1H3,(H,34,35);1H. The summed E-state index contributed by atoms with van der Waals surface area (Å²) in [6, 6.07) is 36.5. The molecule has 648 valence electrons. The van der Waals surface area contributed by atoms with Gasteiger partial charge in [-0.25, -0.2) is 35.0 Å². The van der Waals surface area contributed by atoms with E-state index in [1.54, 1.807) is 70.7 Å². The van der Waals surface area contributed by atoms with Crippen LogP contribution in [0.15, 0.2) is 127 Å². The monoisotopic (exact) mass is 1700 g/mol. The molecule has 4 N–H and O–H groups in total. The number of imide groups is 3. The average Bonchev–Trinajstić information content (AvgIpc) is 1.57. The molecule has 10 aliphatic rings. The number of ether oxygens (including phenoxy) is 6. The van der Waals surface area contributed by atoms with Crippen molar-refractivity contribution in [1.29, 1.82) is 0 Å². The van der Waals surface area contributed by atoms with Gasteiger partial charge in [-0.3, -0.25) is 58.6 Å². The van der Waals surface area contributed by atoms with E-state index in [1.165, 1.54) is 41.0 Å². The van der Waals surface area contributed by atoms with Crippen LogP contribution in [-0.2, 0) is 72.3 Å². The number of hydroxylamine groups is 2. The smallest absolute Gasteiger partial charge is 0.335 e. The van der Waals surface area contributed by atoms with Gasteiger partial charge in [0.1, 0.15) is 55.2 Å². The molecule has 0 spiro atoms. The maximum atomic E-state index is 13.4. The molecule has 7 saturated heterocycles. The highest BCUT2D eigenvalue weighted by Gasteiger charge is 2.52. The van der Waals surface area contributed by atoms with Crippen LogP contribution in [0.3, 0.4) is 0 Å². The van der Waals surface area contributed by atoms with Gasteiger partial charge in [-0.1, -0.05) is 42.8 Å². The minimum Gasteiger partial charge on any atom is -0.492 e. The van der Waals surface area contributed by atoms with Crippen LogP contribution in [0, 0.1) is 0 Å². The van der Waals surface area contributed by atoms with E-state index in [9.17, 15) is 48.3 Å². The van der Waals surface area contributed by atoms with E-state index < -0.39 is 36.3 Å². The molecule has 0 bridgehead atoms.